The Morgan fingerprint density at radius 1 is 1.22 bits per heavy atom. The fraction of sp³-hybridized carbons (Fsp3) is 0.375. The molecule has 0 saturated carbocycles. The highest BCUT2D eigenvalue weighted by atomic mass is 32.2. The first-order chi connectivity index (χ1) is 12.8. The number of carbonyl (C=O) groups is 3. The number of benzene rings is 1. The molecular formula is C16H21N3O6S2. The molecule has 0 radical (unpaired) electrons. The summed E-state index contributed by atoms with van der Waals surface area (Å²) in [7, 11) is -0.207. The van der Waals surface area contributed by atoms with Gasteiger partial charge in [-0.15, -0.1) is 0 Å². The van der Waals surface area contributed by atoms with E-state index < -0.39 is 28.8 Å². The van der Waals surface area contributed by atoms with E-state index in [1.807, 2.05) is 6.92 Å². The summed E-state index contributed by atoms with van der Waals surface area (Å²) in [6, 6.07) is 4.80. The molecule has 4 N–H and O–H groups in total. The van der Waals surface area contributed by atoms with E-state index in [2.05, 4.69) is 20.7 Å². The van der Waals surface area contributed by atoms with Crippen LogP contribution in [0.25, 0.3) is 0 Å². The normalized spacial score (nSPS) is 11.2. The van der Waals surface area contributed by atoms with Gasteiger partial charge in [-0.1, -0.05) is 13.0 Å². The Morgan fingerprint density at radius 3 is 2.52 bits per heavy atom. The second-order valence-corrected chi connectivity index (χ2v) is 7.19. The minimum atomic E-state index is -1.39. The van der Waals surface area contributed by atoms with Crippen molar-refractivity contribution in [2.45, 2.75) is 31.1 Å². The van der Waals surface area contributed by atoms with Gasteiger partial charge >= 0.3 is 12.1 Å². The van der Waals surface area contributed by atoms with Crippen LogP contribution in [0, 0.1) is 0 Å². The summed E-state index contributed by atoms with van der Waals surface area (Å²) < 4.78 is 16.9. The molecule has 0 spiro atoms. The molecule has 0 aliphatic carbocycles. The highest BCUT2D eigenvalue weighted by molar-refractivity contribution is 7.85. The molecule has 0 aromatic heterocycles. The third-order valence-corrected chi connectivity index (χ3v) is 4.95. The number of alkyl carbamates (subject to hydrolysis) is 1. The van der Waals surface area contributed by atoms with E-state index in [1.165, 1.54) is 7.11 Å². The van der Waals surface area contributed by atoms with Crippen molar-refractivity contribution < 1.29 is 28.4 Å². The summed E-state index contributed by atoms with van der Waals surface area (Å²) in [5.41, 5.74) is 0.524. The van der Waals surface area contributed by atoms with Gasteiger partial charge in [0.15, 0.2) is 5.11 Å². The topological polar surface area (TPSA) is 134 Å². The quantitative estimate of drug-likeness (QED) is 0.374. The minimum absolute atomic E-state index is 0.0821. The van der Waals surface area contributed by atoms with Crippen LogP contribution in [-0.2, 0) is 25.1 Å². The largest absolute Gasteiger partial charge is 0.481 e. The van der Waals surface area contributed by atoms with Crippen LogP contribution in [0.1, 0.15) is 26.2 Å². The second kappa shape index (κ2) is 11.2. The van der Waals surface area contributed by atoms with Crippen molar-refractivity contribution in [3.63, 3.8) is 0 Å². The maximum atomic E-state index is 12.5. The number of ether oxygens (including phenoxy) is 1. The molecule has 2 amide bonds. The molecule has 11 heteroatoms. The summed E-state index contributed by atoms with van der Waals surface area (Å²) in [6.45, 7) is 1.88. The summed E-state index contributed by atoms with van der Waals surface area (Å²) in [5.74, 6) is -1.27. The van der Waals surface area contributed by atoms with Gasteiger partial charge in [0.1, 0.15) is 0 Å². The van der Waals surface area contributed by atoms with Crippen molar-refractivity contribution in [3.05, 3.63) is 18.2 Å². The number of thiocarbonyl (C=S) groups is 1. The van der Waals surface area contributed by atoms with Gasteiger partial charge in [0.2, 0.25) is 5.91 Å². The number of hydrogen-bond acceptors (Lipinski definition) is 6. The van der Waals surface area contributed by atoms with E-state index >= 15 is 0 Å². The molecule has 1 atom stereocenters. The van der Waals surface area contributed by atoms with Crippen LogP contribution in [0.4, 0.5) is 16.2 Å². The van der Waals surface area contributed by atoms with Gasteiger partial charge in [0.25, 0.3) is 0 Å². The lowest BCUT2D eigenvalue weighted by Gasteiger charge is -2.17. The zero-order chi connectivity index (χ0) is 20.4. The molecule has 9 nitrogen and oxygen atoms in total. The van der Waals surface area contributed by atoms with Crippen LogP contribution in [-0.4, -0.2) is 45.3 Å². The number of anilines is 2. The smallest absolute Gasteiger partial charge is 0.413 e. The van der Waals surface area contributed by atoms with Crippen LogP contribution >= 0.6 is 12.2 Å². The van der Waals surface area contributed by atoms with Gasteiger partial charge in [-0.2, -0.15) is 0 Å². The first-order valence-electron chi connectivity index (χ1n) is 7.97. The number of carbonyl (C=O) groups excluding carboxylic acids is 2. The van der Waals surface area contributed by atoms with E-state index in [0.29, 0.717) is 22.8 Å². The number of amides is 2. The van der Waals surface area contributed by atoms with Crippen molar-refractivity contribution >= 4 is 57.5 Å². The molecule has 1 rings (SSSR count). The molecule has 27 heavy (non-hydrogen) atoms. The monoisotopic (exact) mass is 416 g/mol. The third kappa shape index (κ3) is 7.71. The van der Waals surface area contributed by atoms with E-state index in [0.717, 1.165) is 0 Å². The van der Waals surface area contributed by atoms with Crippen LogP contribution in [0.15, 0.2) is 23.1 Å². The van der Waals surface area contributed by atoms with Crippen molar-refractivity contribution in [1.82, 2.24) is 5.32 Å². The number of methoxy groups -OCH3 is 1. The van der Waals surface area contributed by atoms with Crippen LogP contribution in [0.5, 0.6) is 0 Å². The highest BCUT2D eigenvalue weighted by Gasteiger charge is 2.17. The maximum absolute atomic E-state index is 12.5. The minimum Gasteiger partial charge on any atom is -0.481 e. The maximum Gasteiger partial charge on any atom is 0.413 e. The lowest BCUT2D eigenvalue weighted by molar-refractivity contribution is -0.138. The van der Waals surface area contributed by atoms with Gasteiger partial charge < -0.3 is 20.5 Å². The number of hydrogen-bond donors (Lipinski definition) is 4. The molecule has 1 unspecified atom stereocenters. The number of nitrogens with one attached hydrogen (secondary N) is 3. The Balaban J connectivity index is 3.13. The molecule has 0 heterocycles. The van der Waals surface area contributed by atoms with Crippen LogP contribution in [0.3, 0.4) is 0 Å². The number of para-hydroxylation sites is 1. The average molecular weight is 416 g/mol. The molecule has 0 bridgehead atoms. The number of rotatable bonds is 8. The first kappa shape index (κ1) is 22.5. The van der Waals surface area contributed by atoms with E-state index in [4.69, 9.17) is 17.3 Å². The van der Waals surface area contributed by atoms with Gasteiger partial charge in [-0.25, -0.2) is 4.79 Å². The fourth-order valence-electron chi connectivity index (χ4n) is 1.97. The molecule has 0 saturated heterocycles. The summed E-state index contributed by atoms with van der Waals surface area (Å²) in [4.78, 5) is 34.4. The van der Waals surface area contributed by atoms with Gasteiger partial charge in [-0.3, -0.25) is 19.1 Å². The molecular weight excluding hydrogens is 395 g/mol. The Bertz CT molecular complexity index is 754. The predicted octanol–water partition coefficient (Wildman–Crippen LogP) is 2.06. The van der Waals surface area contributed by atoms with Gasteiger partial charge in [0, 0.05) is 12.2 Å². The van der Waals surface area contributed by atoms with Gasteiger partial charge in [0.05, 0.1) is 40.6 Å². The predicted molar refractivity (Wildman–Crippen MR) is 105 cm³/mol. The number of aliphatic carboxylic acids is 1. The molecule has 148 valence electrons. The summed E-state index contributed by atoms with van der Waals surface area (Å²) in [5, 5.41) is 16.2. The van der Waals surface area contributed by atoms with Crippen LogP contribution in [0.2, 0.25) is 0 Å². The van der Waals surface area contributed by atoms with E-state index in [1.54, 1.807) is 18.2 Å². The van der Waals surface area contributed by atoms with Crippen molar-refractivity contribution in [1.29, 1.82) is 0 Å². The molecule has 0 aliphatic rings. The molecule has 0 fully saturated rings. The zero-order valence-corrected chi connectivity index (χ0v) is 16.5. The summed E-state index contributed by atoms with van der Waals surface area (Å²) >= 11 is 5.01. The third-order valence-electron chi connectivity index (χ3n) is 3.14. The lowest BCUT2D eigenvalue weighted by atomic mass is 10.2. The Hall–Kier alpha value is -2.53. The van der Waals surface area contributed by atoms with Crippen LogP contribution < -0.4 is 16.0 Å². The Morgan fingerprint density at radius 2 is 1.93 bits per heavy atom. The number of carboxylic acids is 1. The zero-order valence-electron chi connectivity index (χ0n) is 14.9. The van der Waals surface area contributed by atoms with Crippen molar-refractivity contribution in [2.75, 3.05) is 23.5 Å². The molecule has 1 aromatic carbocycles. The first-order valence-corrected chi connectivity index (χ1v) is 9.70. The second-order valence-electron chi connectivity index (χ2n) is 5.24. The SMILES string of the molecule is CCCS(=O)c1cccc(NC(=S)NC(=O)OC)c1[15NH]C(=O)CCC(=O)O. The molecule has 1 aromatic rings. The standard InChI is InChI=1S/C16H21N3O6S2/c1-3-9-27(24)11-6-4-5-10(17-15(26)19-16(23)25-2)14(11)18-12(20)7-8-13(21)22/h4-6H,3,7-9H2,1-2H3,(H,18,20)(H,21,22)(H2,17,19,23,26)/i18+1. The Labute approximate surface area is 164 Å². The van der Waals surface area contributed by atoms with Crippen molar-refractivity contribution in [2.24, 2.45) is 0 Å². The fourth-order valence-corrected chi connectivity index (χ4v) is 3.37. The number of carboxylic acid groups (broad SMARTS) is 1. The lowest BCUT2D eigenvalue weighted by Crippen LogP contribution is -2.34. The highest BCUT2D eigenvalue weighted by Crippen LogP contribution is 2.29. The average Bonchev–Trinajstić information content (AvgIpc) is 2.61. The molecule has 0 aliphatic heterocycles. The van der Waals surface area contributed by atoms with E-state index in [-0.39, 0.29) is 23.6 Å². The van der Waals surface area contributed by atoms with Gasteiger partial charge in [-0.05, 0) is 30.8 Å². The van der Waals surface area contributed by atoms with E-state index in [9.17, 15) is 18.6 Å². The summed E-state index contributed by atoms with van der Waals surface area (Å²) in [6.07, 6.45) is -0.685. The van der Waals surface area contributed by atoms with Crippen molar-refractivity contribution in [3.8, 4) is 0 Å². The Kier molecular flexibility index (Phi) is 9.37.